The number of nitrogens with one attached hydrogen (secondary N) is 2. The molecule has 4 rings (SSSR count). The summed E-state index contributed by atoms with van der Waals surface area (Å²) in [6.45, 7) is -0.00163. The van der Waals surface area contributed by atoms with E-state index in [2.05, 4.69) is 15.3 Å². The number of phosphoric acid groups is 1. The average Bonchev–Trinajstić information content (AvgIpc) is 3.04. The topological polar surface area (TPSA) is 163 Å². The van der Waals surface area contributed by atoms with E-state index in [0.717, 1.165) is 6.07 Å². The van der Waals surface area contributed by atoms with Crippen molar-refractivity contribution >= 4 is 25.3 Å². The number of hydrogen-bond donors (Lipinski definition) is 5. The quantitative estimate of drug-likeness (QED) is 0.390. The van der Waals surface area contributed by atoms with Gasteiger partial charge < -0.3 is 25.6 Å². The predicted octanol–water partition coefficient (Wildman–Crippen LogP) is 0.874. The Kier molecular flexibility index (Phi) is 5.41. The molecule has 11 nitrogen and oxygen atoms in total. The molecule has 1 unspecified atom stereocenters. The monoisotopic (exact) mass is 441 g/mol. The number of halogens is 1. The van der Waals surface area contributed by atoms with Crippen molar-refractivity contribution < 1.29 is 28.0 Å². The van der Waals surface area contributed by atoms with Crippen LogP contribution in [0.15, 0.2) is 29.1 Å². The molecule has 6 N–H and O–H groups in total. The first kappa shape index (κ1) is 20.6. The number of nitrogen functional groups attached to an aromatic ring is 1. The van der Waals surface area contributed by atoms with Gasteiger partial charge in [-0.2, -0.15) is 4.98 Å². The number of phosphoric ester groups is 1. The number of H-pyrrole nitrogens is 1. The number of aliphatic hydroxyl groups excluding tert-OH is 1. The van der Waals surface area contributed by atoms with Crippen LogP contribution in [0.4, 0.5) is 21.8 Å². The summed E-state index contributed by atoms with van der Waals surface area (Å²) < 4.78 is 35.3. The molecule has 0 radical (unpaired) electrons. The van der Waals surface area contributed by atoms with E-state index in [4.69, 9.17) is 14.8 Å². The highest BCUT2D eigenvalue weighted by Gasteiger charge is 2.47. The summed E-state index contributed by atoms with van der Waals surface area (Å²) in [5, 5.41) is 12.8. The standard InChI is InChI=1S/C17H21FN5O6P/c18-10-2-1-3-11(5-10)29-30(26,27)28-7-9-4-13(12(9)6-24)23-8-20-14-15(23)21-17(19)22-16(14)25/h1-3,5,9,12-13,20,24H,4,6-8H2,(H,26,27)(H3,19,21,22,25)/t9-,12-,13-/m1/s1. The van der Waals surface area contributed by atoms with Gasteiger partial charge in [-0.25, -0.2) is 8.96 Å². The van der Waals surface area contributed by atoms with Gasteiger partial charge in [0.2, 0.25) is 5.95 Å². The molecule has 1 aliphatic heterocycles. The summed E-state index contributed by atoms with van der Waals surface area (Å²) in [5.74, 6) is -0.847. The fraction of sp³-hybridized carbons (Fsp3) is 0.412. The third-order valence-corrected chi connectivity index (χ3v) is 6.26. The summed E-state index contributed by atoms with van der Waals surface area (Å²) in [6, 6.07) is 4.67. The van der Waals surface area contributed by atoms with Crippen molar-refractivity contribution in [3.63, 3.8) is 0 Å². The Bertz CT molecular complexity index is 1050. The molecule has 13 heteroatoms. The van der Waals surface area contributed by atoms with Gasteiger partial charge in [0.15, 0.2) is 5.82 Å². The maximum Gasteiger partial charge on any atom is 0.527 e. The Balaban J connectivity index is 1.38. The first-order valence-electron chi connectivity index (χ1n) is 9.21. The van der Waals surface area contributed by atoms with Crippen LogP contribution in [-0.4, -0.2) is 45.9 Å². The summed E-state index contributed by atoms with van der Waals surface area (Å²) in [4.78, 5) is 30.3. The molecule has 4 atom stereocenters. The second kappa shape index (κ2) is 7.88. The van der Waals surface area contributed by atoms with Crippen LogP contribution in [0.1, 0.15) is 6.42 Å². The normalized spacial score (nSPS) is 24.5. The molecule has 1 aromatic heterocycles. The second-order valence-electron chi connectivity index (χ2n) is 7.18. The fourth-order valence-corrected chi connectivity index (χ4v) is 4.64. The SMILES string of the molecule is Nc1nc2c(c(=O)[nH]1)NCN2[C@@H]1C[C@H](COP(=O)(O)Oc2cccc(F)c2)[C@H]1CO. The van der Waals surface area contributed by atoms with Gasteiger partial charge in [0.1, 0.15) is 17.3 Å². The highest BCUT2D eigenvalue weighted by Crippen LogP contribution is 2.48. The van der Waals surface area contributed by atoms with Crippen molar-refractivity contribution in [1.82, 2.24) is 9.97 Å². The lowest BCUT2D eigenvalue weighted by Crippen LogP contribution is -2.55. The van der Waals surface area contributed by atoms with Gasteiger partial charge in [0.05, 0.1) is 13.3 Å². The van der Waals surface area contributed by atoms with Crippen molar-refractivity contribution in [3.05, 3.63) is 40.4 Å². The molecule has 2 aliphatic rings. The lowest BCUT2D eigenvalue weighted by molar-refractivity contribution is 0.0217. The molecule has 1 aliphatic carbocycles. The number of hydrogen-bond acceptors (Lipinski definition) is 9. The highest BCUT2D eigenvalue weighted by molar-refractivity contribution is 7.47. The van der Waals surface area contributed by atoms with Crippen LogP contribution in [-0.2, 0) is 9.09 Å². The molecule has 0 spiro atoms. The van der Waals surface area contributed by atoms with Gasteiger partial charge in [-0.1, -0.05) is 6.07 Å². The fourth-order valence-electron chi connectivity index (χ4n) is 3.83. The lowest BCUT2D eigenvalue weighted by Gasteiger charge is -2.48. The first-order chi connectivity index (χ1) is 14.3. The zero-order valence-corrected chi connectivity index (χ0v) is 16.6. The van der Waals surface area contributed by atoms with Crippen LogP contribution in [0, 0.1) is 17.7 Å². The third-order valence-electron chi connectivity index (χ3n) is 5.34. The highest BCUT2D eigenvalue weighted by atomic mass is 31.2. The van der Waals surface area contributed by atoms with Crippen molar-refractivity contribution in [2.24, 2.45) is 11.8 Å². The lowest BCUT2D eigenvalue weighted by atomic mass is 9.69. The van der Waals surface area contributed by atoms with E-state index in [1.807, 2.05) is 4.90 Å². The maximum absolute atomic E-state index is 13.2. The Morgan fingerprint density at radius 1 is 1.43 bits per heavy atom. The molecule has 2 heterocycles. The smallest absolute Gasteiger partial charge is 0.404 e. The minimum Gasteiger partial charge on any atom is -0.404 e. The summed E-state index contributed by atoms with van der Waals surface area (Å²) in [5.41, 5.74) is 5.56. The third kappa shape index (κ3) is 3.99. The predicted molar refractivity (Wildman–Crippen MR) is 106 cm³/mol. The van der Waals surface area contributed by atoms with Gasteiger partial charge in [-0.05, 0) is 24.5 Å². The molecular weight excluding hydrogens is 420 g/mol. The number of benzene rings is 1. The number of rotatable bonds is 7. The van der Waals surface area contributed by atoms with Crippen LogP contribution in [0.3, 0.4) is 0 Å². The number of anilines is 3. The molecule has 2 aromatic rings. The van der Waals surface area contributed by atoms with Crippen LogP contribution in [0.2, 0.25) is 0 Å². The van der Waals surface area contributed by atoms with Crippen LogP contribution >= 0.6 is 7.82 Å². The maximum atomic E-state index is 13.2. The van der Waals surface area contributed by atoms with Crippen molar-refractivity contribution in [3.8, 4) is 5.75 Å². The molecule has 1 fully saturated rings. The van der Waals surface area contributed by atoms with E-state index < -0.39 is 13.6 Å². The van der Waals surface area contributed by atoms with Gasteiger partial charge in [0.25, 0.3) is 5.56 Å². The van der Waals surface area contributed by atoms with Gasteiger partial charge in [-0.3, -0.25) is 19.2 Å². The van der Waals surface area contributed by atoms with Gasteiger partial charge in [-0.15, -0.1) is 0 Å². The molecular formula is C17H21FN5O6P. The number of aliphatic hydroxyl groups is 1. The van der Waals surface area contributed by atoms with E-state index in [9.17, 15) is 23.7 Å². The Hall–Kier alpha value is -2.66. The Morgan fingerprint density at radius 3 is 2.97 bits per heavy atom. The van der Waals surface area contributed by atoms with E-state index in [1.165, 1.54) is 18.2 Å². The Labute approximate surface area is 170 Å². The van der Waals surface area contributed by atoms with E-state index in [-0.39, 0.29) is 48.3 Å². The minimum atomic E-state index is -4.46. The molecule has 0 amide bonds. The number of aromatic amines is 1. The summed E-state index contributed by atoms with van der Waals surface area (Å²) in [7, 11) is -4.46. The molecule has 30 heavy (non-hydrogen) atoms. The van der Waals surface area contributed by atoms with Crippen molar-refractivity contribution in [2.75, 3.05) is 35.8 Å². The largest absolute Gasteiger partial charge is 0.527 e. The molecule has 1 aromatic carbocycles. The van der Waals surface area contributed by atoms with Gasteiger partial charge in [0, 0.05) is 24.6 Å². The number of nitrogens with two attached hydrogens (primary N) is 1. The molecule has 0 saturated heterocycles. The minimum absolute atomic E-state index is 0.0112. The van der Waals surface area contributed by atoms with Crippen molar-refractivity contribution in [1.29, 1.82) is 0 Å². The molecule has 162 valence electrons. The van der Waals surface area contributed by atoms with E-state index in [1.54, 1.807) is 0 Å². The van der Waals surface area contributed by atoms with Crippen LogP contribution < -0.4 is 26.0 Å². The molecule has 1 saturated carbocycles. The van der Waals surface area contributed by atoms with Gasteiger partial charge >= 0.3 is 7.82 Å². The summed E-state index contributed by atoms with van der Waals surface area (Å²) in [6.07, 6.45) is 0.528. The Morgan fingerprint density at radius 2 is 2.23 bits per heavy atom. The van der Waals surface area contributed by atoms with Crippen LogP contribution in [0.5, 0.6) is 5.75 Å². The average molecular weight is 441 g/mol. The summed E-state index contributed by atoms with van der Waals surface area (Å²) >= 11 is 0. The molecule has 0 bridgehead atoms. The van der Waals surface area contributed by atoms with E-state index in [0.29, 0.717) is 24.6 Å². The first-order valence-corrected chi connectivity index (χ1v) is 10.7. The number of aromatic nitrogens is 2. The van der Waals surface area contributed by atoms with Crippen molar-refractivity contribution in [2.45, 2.75) is 12.5 Å². The van der Waals surface area contributed by atoms with E-state index >= 15 is 0 Å². The second-order valence-corrected chi connectivity index (χ2v) is 8.55. The number of nitrogens with zero attached hydrogens (tertiary/aromatic N) is 2. The van der Waals surface area contributed by atoms with Crippen LogP contribution in [0.25, 0.3) is 0 Å². The zero-order valence-electron chi connectivity index (χ0n) is 15.7. The number of fused-ring (bicyclic) bond motifs is 1. The zero-order chi connectivity index (χ0) is 21.5.